The number of aliphatic hydroxyl groups is 2. The van der Waals surface area contributed by atoms with Crippen molar-refractivity contribution < 1.29 is 44.3 Å². The number of hydrogen-bond donors (Lipinski definition) is 6. The van der Waals surface area contributed by atoms with Crippen molar-refractivity contribution in [3.05, 3.63) is 177 Å². The Kier molecular flexibility index (Phi) is 12.9. The van der Waals surface area contributed by atoms with E-state index >= 15 is 0 Å². The number of rotatable bonds is 14. The summed E-state index contributed by atoms with van der Waals surface area (Å²) in [4.78, 5) is 57.5. The van der Waals surface area contributed by atoms with Crippen molar-refractivity contribution >= 4 is 28.7 Å². The van der Waals surface area contributed by atoms with Crippen LogP contribution in [0.3, 0.4) is 0 Å². The minimum Gasteiger partial charge on any atom is -0.506 e. The number of nitrogens with one attached hydrogen (secondary N) is 2. The highest BCUT2D eigenvalue weighted by atomic mass is 16.5. The molecule has 14 nitrogen and oxygen atoms in total. The van der Waals surface area contributed by atoms with Crippen molar-refractivity contribution in [1.82, 2.24) is 20.1 Å². The fourth-order valence-electron chi connectivity index (χ4n) is 8.56. The highest BCUT2D eigenvalue weighted by molar-refractivity contribution is 5.95. The topological polar surface area (TPSA) is 202 Å². The number of phenols is 1. The first-order chi connectivity index (χ1) is 30.9. The second kappa shape index (κ2) is 18.9. The van der Waals surface area contributed by atoms with Crippen LogP contribution in [0.2, 0.25) is 0 Å². The van der Waals surface area contributed by atoms with E-state index in [4.69, 9.17) is 9.47 Å². The number of ether oxygens (including phenoxy) is 2. The molecular weight excluding hydrogens is 817 g/mol. The Morgan fingerprint density at radius 3 is 2.17 bits per heavy atom. The van der Waals surface area contributed by atoms with E-state index < -0.39 is 23.3 Å². The number of benzene rings is 5. The van der Waals surface area contributed by atoms with Gasteiger partial charge in [0, 0.05) is 54.3 Å². The van der Waals surface area contributed by atoms with Crippen molar-refractivity contribution in [3.8, 4) is 11.5 Å². The van der Waals surface area contributed by atoms with E-state index in [0.717, 1.165) is 11.1 Å². The second-order valence-electron chi connectivity index (χ2n) is 16.4. The molecule has 2 atom stereocenters. The molecule has 1 aromatic heterocycles. The van der Waals surface area contributed by atoms with Crippen LogP contribution < -0.4 is 15.6 Å². The normalized spacial score (nSPS) is 16.3. The van der Waals surface area contributed by atoms with Gasteiger partial charge in [0.1, 0.15) is 18.1 Å². The van der Waals surface area contributed by atoms with E-state index in [-0.39, 0.29) is 52.9 Å². The third-order valence-electron chi connectivity index (χ3n) is 12.3. The minimum atomic E-state index is -2.25. The Balaban J connectivity index is 0.791. The van der Waals surface area contributed by atoms with Crippen LogP contribution in [0.25, 0.3) is 10.9 Å². The second-order valence-corrected chi connectivity index (χ2v) is 16.4. The first-order valence-corrected chi connectivity index (χ1v) is 21.3. The van der Waals surface area contributed by atoms with Crippen LogP contribution in [0.1, 0.15) is 67.5 Å². The van der Waals surface area contributed by atoms with Crippen molar-refractivity contribution in [2.24, 2.45) is 0 Å². The summed E-state index contributed by atoms with van der Waals surface area (Å²) in [7, 11) is 0. The Hall–Kier alpha value is -6.84. The summed E-state index contributed by atoms with van der Waals surface area (Å²) in [5, 5.41) is 46.0. The van der Waals surface area contributed by atoms with Gasteiger partial charge in [-0.15, -0.1) is 0 Å². The lowest BCUT2D eigenvalue weighted by Gasteiger charge is -2.47. The Labute approximate surface area is 369 Å². The maximum Gasteiger partial charge on any atom is 0.345 e. The standard InChI is InChI=1S/C50H50N4O10/c55-42-19-17-40(41-18-20-44(57)52-45(41)42)43(56)30-51-24-21-33-9-13-35(14-10-33)46(58)53-25-22-49(23-26-53)32-54(27-28-64-49)47(59)36-15-11-34(12-16-36)31-63-39-8-4-7-38(29-39)50(62,48(60)61)37-5-2-1-3-6-37/h1-20,29,43,51,55-56,62H,21-28,30-32H2,(H,52,57)(H,60,61). The van der Waals surface area contributed by atoms with Gasteiger partial charge in [-0.2, -0.15) is 0 Å². The number of aromatic nitrogens is 1. The van der Waals surface area contributed by atoms with Crippen LogP contribution in [0, 0.1) is 0 Å². The number of likely N-dealkylation sites (tertiary alicyclic amines) is 1. The number of fused-ring (bicyclic) bond motifs is 1. The molecule has 2 saturated heterocycles. The third-order valence-corrected chi connectivity index (χ3v) is 12.3. The van der Waals surface area contributed by atoms with Crippen LogP contribution in [0.5, 0.6) is 11.5 Å². The molecule has 330 valence electrons. The number of carbonyl (C=O) groups excluding carboxylic acids is 2. The lowest BCUT2D eigenvalue weighted by molar-refractivity contribution is -0.155. The third kappa shape index (κ3) is 9.41. The summed E-state index contributed by atoms with van der Waals surface area (Å²) in [6.07, 6.45) is 1.02. The fourth-order valence-corrected chi connectivity index (χ4v) is 8.56. The molecule has 14 heteroatoms. The molecule has 0 aliphatic carbocycles. The van der Waals surface area contributed by atoms with Gasteiger partial charge in [-0.1, -0.05) is 72.8 Å². The number of aromatic amines is 1. The molecular formula is C50H50N4O10. The van der Waals surface area contributed by atoms with Crippen LogP contribution in [-0.2, 0) is 28.2 Å². The van der Waals surface area contributed by atoms with Gasteiger partial charge in [-0.3, -0.25) is 14.4 Å². The maximum atomic E-state index is 13.7. The number of amides is 2. The van der Waals surface area contributed by atoms with Crippen molar-refractivity contribution in [1.29, 1.82) is 0 Å². The zero-order chi connectivity index (χ0) is 44.8. The first kappa shape index (κ1) is 43.8. The number of aliphatic carboxylic acids is 1. The smallest absolute Gasteiger partial charge is 0.345 e. The summed E-state index contributed by atoms with van der Waals surface area (Å²) in [5.41, 5.74) is 1.11. The number of aliphatic hydroxyl groups excluding tert-OH is 1. The summed E-state index contributed by atoms with van der Waals surface area (Å²) in [6, 6.07) is 35.3. The number of piperidine rings is 1. The molecule has 0 saturated carbocycles. The Morgan fingerprint density at radius 2 is 1.47 bits per heavy atom. The van der Waals surface area contributed by atoms with Crippen molar-refractivity contribution in [2.75, 3.05) is 45.9 Å². The van der Waals surface area contributed by atoms with Gasteiger partial charge in [0.05, 0.1) is 30.4 Å². The van der Waals surface area contributed by atoms with E-state index in [1.807, 2.05) is 46.2 Å². The van der Waals surface area contributed by atoms with E-state index in [1.54, 1.807) is 72.8 Å². The summed E-state index contributed by atoms with van der Waals surface area (Å²) >= 11 is 0. The molecule has 6 aromatic rings. The monoisotopic (exact) mass is 866 g/mol. The number of nitrogens with zero attached hydrogens (tertiary/aromatic N) is 2. The highest BCUT2D eigenvalue weighted by Gasteiger charge is 2.42. The number of phenolic OH excluding ortho intramolecular Hbond substituents is 1. The van der Waals surface area contributed by atoms with E-state index in [2.05, 4.69) is 10.3 Å². The van der Waals surface area contributed by atoms with E-state index in [0.29, 0.717) is 86.4 Å². The Morgan fingerprint density at radius 1 is 0.797 bits per heavy atom. The number of carboxylic acid groups (broad SMARTS) is 1. The quantitative estimate of drug-likeness (QED) is 0.0792. The fraction of sp³-hybridized carbons (Fsp3) is 0.280. The number of carboxylic acids is 1. The predicted octanol–water partition coefficient (Wildman–Crippen LogP) is 5.15. The average molecular weight is 867 g/mol. The van der Waals surface area contributed by atoms with Crippen LogP contribution >= 0.6 is 0 Å². The van der Waals surface area contributed by atoms with Gasteiger partial charge in [0.2, 0.25) is 11.2 Å². The predicted molar refractivity (Wildman–Crippen MR) is 238 cm³/mol. The van der Waals surface area contributed by atoms with Crippen LogP contribution in [0.15, 0.2) is 132 Å². The number of morpholine rings is 1. The Bertz CT molecular complexity index is 2680. The molecule has 2 aliphatic rings. The molecule has 0 radical (unpaired) electrons. The van der Waals surface area contributed by atoms with E-state index in [9.17, 15) is 39.6 Å². The van der Waals surface area contributed by atoms with Crippen LogP contribution in [0.4, 0.5) is 0 Å². The molecule has 64 heavy (non-hydrogen) atoms. The highest BCUT2D eigenvalue weighted by Crippen LogP contribution is 2.34. The van der Waals surface area contributed by atoms with Gasteiger partial charge in [0.15, 0.2) is 0 Å². The van der Waals surface area contributed by atoms with E-state index in [1.165, 1.54) is 18.2 Å². The molecule has 5 aromatic carbocycles. The average Bonchev–Trinajstić information content (AvgIpc) is 3.32. The molecule has 2 amide bonds. The van der Waals surface area contributed by atoms with Gasteiger partial charge in [-0.25, -0.2) is 4.79 Å². The number of carbonyl (C=O) groups is 3. The number of aromatic hydroxyl groups is 1. The number of H-pyrrole nitrogens is 1. The molecule has 8 rings (SSSR count). The molecule has 2 aliphatic heterocycles. The van der Waals surface area contributed by atoms with Gasteiger partial charge in [-0.05, 0) is 96.6 Å². The number of pyridine rings is 1. The van der Waals surface area contributed by atoms with Crippen molar-refractivity contribution in [2.45, 2.75) is 43.2 Å². The lowest BCUT2D eigenvalue weighted by atomic mass is 9.86. The van der Waals surface area contributed by atoms with Gasteiger partial charge >= 0.3 is 5.97 Å². The SMILES string of the molecule is O=C(c1ccc(CCNCC(O)c2ccc(O)c3[nH]c(=O)ccc23)cc1)N1CCC2(CC1)CN(C(=O)c1ccc(COc3cccc(C(O)(C(=O)O)c4ccccc4)c3)cc1)CCO2. The minimum absolute atomic E-state index is 0.0559. The molecule has 1 spiro atoms. The molecule has 3 heterocycles. The summed E-state index contributed by atoms with van der Waals surface area (Å²) in [6.45, 7) is 3.30. The molecule has 0 bridgehead atoms. The zero-order valence-electron chi connectivity index (χ0n) is 35.1. The molecule has 6 N–H and O–H groups in total. The first-order valence-electron chi connectivity index (χ1n) is 21.3. The largest absolute Gasteiger partial charge is 0.506 e. The molecule has 2 fully saturated rings. The summed E-state index contributed by atoms with van der Waals surface area (Å²) < 4.78 is 12.3. The van der Waals surface area contributed by atoms with Crippen molar-refractivity contribution in [3.63, 3.8) is 0 Å². The van der Waals surface area contributed by atoms with Crippen LogP contribution in [-0.4, -0.2) is 104 Å². The maximum absolute atomic E-state index is 13.7. The van der Waals surface area contributed by atoms with Gasteiger partial charge < -0.3 is 50.0 Å². The summed E-state index contributed by atoms with van der Waals surface area (Å²) in [5.74, 6) is -1.23. The number of hydrogen-bond acceptors (Lipinski definition) is 10. The zero-order valence-corrected chi connectivity index (χ0v) is 35.1. The van der Waals surface area contributed by atoms with Gasteiger partial charge in [0.25, 0.3) is 11.8 Å². The lowest BCUT2D eigenvalue weighted by Crippen LogP contribution is -2.58. The molecule has 2 unspecified atom stereocenters.